The summed E-state index contributed by atoms with van der Waals surface area (Å²) in [7, 11) is 0. The Kier molecular flexibility index (Phi) is 5.76. The first-order chi connectivity index (χ1) is 14.0. The number of piperidine rings is 3. The van der Waals surface area contributed by atoms with Gasteiger partial charge in [0, 0.05) is 63.0 Å². The summed E-state index contributed by atoms with van der Waals surface area (Å²) >= 11 is 0. The van der Waals surface area contributed by atoms with Crippen molar-refractivity contribution in [2.75, 3.05) is 26.2 Å². The predicted molar refractivity (Wildman–Crippen MR) is 111 cm³/mol. The zero-order chi connectivity index (χ0) is 20.5. The van der Waals surface area contributed by atoms with Gasteiger partial charge in [-0.3, -0.25) is 19.3 Å². The van der Waals surface area contributed by atoms with Gasteiger partial charge >= 0.3 is 0 Å². The minimum absolute atomic E-state index is 0.000846. The zero-order valence-corrected chi connectivity index (χ0v) is 17.5. The van der Waals surface area contributed by atoms with Crippen LogP contribution >= 0.6 is 0 Å². The number of pyridine rings is 1. The van der Waals surface area contributed by atoms with Crippen molar-refractivity contribution < 1.29 is 9.59 Å². The van der Waals surface area contributed by atoms with Crippen LogP contribution in [0.15, 0.2) is 23.1 Å². The Morgan fingerprint density at radius 2 is 2.00 bits per heavy atom. The number of fused-ring (bicyclic) bond motifs is 4. The molecule has 3 aliphatic heterocycles. The maximum atomic E-state index is 13.2. The summed E-state index contributed by atoms with van der Waals surface area (Å²) in [5.41, 5.74) is 0.358. The number of carbonyl (C=O) groups excluding carboxylic acids is 2. The van der Waals surface area contributed by atoms with Crippen LogP contribution < -0.4 is 10.9 Å². The fraction of sp³-hybridized carbons (Fsp3) is 0.682. The van der Waals surface area contributed by atoms with E-state index in [1.54, 1.807) is 23.8 Å². The molecule has 3 saturated heterocycles. The van der Waals surface area contributed by atoms with Crippen LogP contribution in [0.5, 0.6) is 0 Å². The number of nitrogens with one attached hydrogen (secondary N) is 1. The summed E-state index contributed by atoms with van der Waals surface area (Å²) in [6.07, 6.45) is 6.44. The topological polar surface area (TPSA) is 74.7 Å². The van der Waals surface area contributed by atoms with Crippen LogP contribution in [0.2, 0.25) is 0 Å². The second kappa shape index (κ2) is 8.30. The quantitative estimate of drug-likeness (QED) is 0.827. The summed E-state index contributed by atoms with van der Waals surface area (Å²) in [5.74, 6) is 0.793. The molecular weight excluding hydrogens is 368 g/mol. The van der Waals surface area contributed by atoms with Crippen molar-refractivity contribution in [3.63, 3.8) is 0 Å². The normalized spacial score (nSPS) is 29.2. The van der Waals surface area contributed by atoms with Crippen LogP contribution in [-0.2, 0) is 11.3 Å². The van der Waals surface area contributed by atoms with Crippen LogP contribution in [-0.4, -0.2) is 64.4 Å². The molecule has 3 aliphatic rings. The molecule has 0 spiro atoms. The van der Waals surface area contributed by atoms with Gasteiger partial charge in [-0.15, -0.1) is 0 Å². The first-order valence-electron chi connectivity index (χ1n) is 11.0. The van der Waals surface area contributed by atoms with Gasteiger partial charge in [-0.25, -0.2) is 0 Å². The lowest BCUT2D eigenvalue weighted by atomic mass is 9.72. The van der Waals surface area contributed by atoms with Crippen LogP contribution in [0.3, 0.4) is 0 Å². The van der Waals surface area contributed by atoms with Gasteiger partial charge in [0.15, 0.2) is 0 Å². The number of amides is 2. The fourth-order valence-electron chi connectivity index (χ4n) is 5.69. The Balaban J connectivity index is 1.55. The molecule has 7 heteroatoms. The van der Waals surface area contributed by atoms with E-state index in [-0.39, 0.29) is 23.4 Å². The van der Waals surface area contributed by atoms with Crippen molar-refractivity contribution in [1.29, 1.82) is 0 Å². The summed E-state index contributed by atoms with van der Waals surface area (Å²) in [4.78, 5) is 41.5. The van der Waals surface area contributed by atoms with Crippen LogP contribution in [0.4, 0.5) is 0 Å². The van der Waals surface area contributed by atoms with Crippen molar-refractivity contribution >= 4 is 11.8 Å². The van der Waals surface area contributed by atoms with E-state index in [4.69, 9.17) is 0 Å². The Morgan fingerprint density at radius 1 is 1.21 bits per heavy atom. The van der Waals surface area contributed by atoms with Gasteiger partial charge in [-0.2, -0.15) is 0 Å². The molecule has 1 N–H and O–H groups in total. The van der Waals surface area contributed by atoms with Gasteiger partial charge in [0.2, 0.25) is 5.91 Å². The maximum absolute atomic E-state index is 13.2. The molecule has 0 aromatic carbocycles. The van der Waals surface area contributed by atoms with E-state index in [0.29, 0.717) is 43.1 Å². The highest BCUT2D eigenvalue weighted by molar-refractivity contribution is 5.94. The van der Waals surface area contributed by atoms with Gasteiger partial charge in [0.1, 0.15) is 0 Å². The molecule has 0 unspecified atom stereocenters. The minimum Gasteiger partial charge on any atom is -0.355 e. The second-order valence-corrected chi connectivity index (χ2v) is 8.81. The SMILES string of the molecule is CCn1ccc(C(=O)N2C[C@H]3C[C@@H](C2)[C@H](CNC(C)=O)N2CCCC[C@@H]32)cc1=O. The second-order valence-electron chi connectivity index (χ2n) is 8.81. The molecule has 2 bridgehead atoms. The van der Waals surface area contributed by atoms with Crippen molar-refractivity contribution in [3.05, 3.63) is 34.2 Å². The predicted octanol–water partition coefficient (Wildman–Crippen LogP) is 1.32. The van der Waals surface area contributed by atoms with Crippen molar-refractivity contribution in [3.8, 4) is 0 Å². The minimum atomic E-state index is -0.127. The van der Waals surface area contributed by atoms with Crippen LogP contribution in [0.1, 0.15) is 49.9 Å². The van der Waals surface area contributed by atoms with Crippen LogP contribution in [0.25, 0.3) is 0 Å². The lowest BCUT2D eigenvalue weighted by Crippen LogP contribution is -2.66. The Hall–Kier alpha value is -2.15. The van der Waals surface area contributed by atoms with E-state index >= 15 is 0 Å². The molecule has 4 rings (SSSR count). The van der Waals surface area contributed by atoms with Gasteiger partial charge in [-0.1, -0.05) is 6.42 Å². The third-order valence-corrected chi connectivity index (χ3v) is 7.05. The monoisotopic (exact) mass is 400 g/mol. The number of carbonyl (C=O) groups is 2. The summed E-state index contributed by atoms with van der Waals surface area (Å²) in [5, 5.41) is 3.02. The first kappa shape index (κ1) is 20.1. The molecule has 2 amide bonds. The number of aromatic nitrogens is 1. The highest BCUT2D eigenvalue weighted by atomic mass is 16.2. The highest BCUT2D eigenvalue weighted by Gasteiger charge is 2.47. The summed E-state index contributed by atoms with van der Waals surface area (Å²) < 4.78 is 1.60. The molecule has 1 aromatic heterocycles. The molecule has 4 heterocycles. The molecule has 158 valence electrons. The summed E-state index contributed by atoms with van der Waals surface area (Å²) in [6, 6.07) is 4.00. The maximum Gasteiger partial charge on any atom is 0.254 e. The molecule has 0 radical (unpaired) electrons. The lowest BCUT2D eigenvalue weighted by Gasteiger charge is -2.56. The average molecular weight is 401 g/mol. The van der Waals surface area contributed by atoms with Crippen LogP contribution in [0, 0.1) is 11.8 Å². The number of hydrogen-bond donors (Lipinski definition) is 1. The Morgan fingerprint density at radius 3 is 2.72 bits per heavy atom. The average Bonchev–Trinajstić information content (AvgIpc) is 2.72. The largest absolute Gasteiger partial charge is 0.355 e. The fourth-order valence-corrected chi connectivity index (χ4v) is 5.69. The molecule has 29 heavy (non-hydrogen) atoms. The molecule has 0 aliphatic carbocycles. The molecule has 3 fully saturated rings. The summed E-state index contributed by atoms with van der Waals surface area (Å²) in [6.45, 7) is 7.28. The van der Waals surface area contributed by atoms with Gasteiger partial charge in [0.25, 0.3) is 11.5 Å². The van der Waals surface area contributed by atoms with Gasteiger partial charge < -0.3 is 14.8 Å². The molecular formula is C22H32N4O3. The number of likely N-dealkylation sites (tertiary alicyclic amines) is 1. The van der Waals surface area contributed by atoms with Gasteiger partial charge in [0.05, 0.1) is 0 Å². The van der Waals surface area contributed by atoms with E-state index < -0.39 is 0 Å². The van der Waals surface area contributed by atoms with Crippen molar-refractivity contribution in [2.45, 2.75) is 58.2 Å². The lowest BCUT2D eigenvalue weighted by molar-refractivity contribution is -0.120. The van der Waals surface area contributed by atoms with E-state index in [1.807, 2.05) is 11.8 Å². The van der Waals surface area contributed by atoms with E-state index in [1.165, 1.54) is 25.3 Å². The molecule has 7 nitrogen and oxygen atoms in total. The van der Waals surface area contributed by atoms with E-state index in [2.05, 4.69) is 10.2 Å². The molecule has 4 atom stereocenters. The van der Waals surface area contributed by atoms with E-state index in [9.17, 15) is 14.4 Å². The van der Waals surface area contributed by atoms with Crippen molar-refractivity contribution in [2.24, 2.45) is 11.8 Å². The van der Waals surface area contributed by atoms with E-state index in [0.717, 1.165) is 19.5 Å². The standard InChI is InChI=1S/C22H32N4O3/c1-3-24-9-7-16(11-21(24)28)22(29)25-13-17-10-18(14-25)20(12-23-15(2)27)26-8-5-4-6-19(17)26/h7,9,11,17-20H,3-6,8,10,12-14H2,1-2H3,(H,23,27)/t17-,18+,19+,20+/m1/s1. The molecule has 0 saturated carbocycles. The Bertz CT molecular complexity index is 836. The smallest absolute Gasteiger partial charge is 0.254 e. The number of nitrogens with zero attached hydrogens (tertiary/aromatic N) is 3. The highest BCUT2D eigenvalue weighted by Crippen LogP contribution is 2.41. The number of rotatable bonds is 4. The molecule has 1 aromatic rings. The first-order valence-corrected chi connectivity index (χ1v) is 11.0. The number of hydrogen-bond acceptors (Lipinski definition) is 4. The third kappa shape index (κ3) is 3.97. The third-order valence-electron chi connectivity index (χ3n) is 7.05. The zero-order valence-electron chi connectivity index (χ0n) is 17.5. The number of aryl methyl sites for hydroxylation is 1. The van der Waals surface area contributed by atoms with Gasteiger partial charge in [-0.05, 0) is 50.6 Å². The van der Waals surface area contributed by atoms with Crippen molar-refractivity contribution in [1.82, 2.24) is 19.7 Å². The Labute approximate surface area is 172 Å².